The summed E-state index contributed by atoms with van der Waals surface area (Å²) in [6, 6.07) is 25.4. The molecule has 0 saturated carbocycles. The van der Waals surface area contributed by atoms with Gasteiger partial charge in [0.2, 0.25) is 0 Å². The molecule has 0 unspecified atom stereocenters. The van der Waals surface area contributed by atoms with E-state index in [2.05, 4.69) is 89.3 Å². The second-order valence-corrected chi connectivity index (χ2v) is 7.02. The van der Waals surface area contributed by atoms with Crippen molar-refractivity contribution in [3.05, 3.63) is 76.4 Å². The zero-order chi connectivity index (χ0) is 17.2. The van der Waals surface area contributed by atoms with Gasteiger partial charge in [0.1, 0.15) is 5.75 Å². The van der Waals surface area contributed by atoms with Crippen LogP contribution in [0.1, 0.15) is 0 Å². The van der Waals surface area contributed by atoms with Crippen molar-refractivity contribution < 1.29 is 9.47 Å². The van der Waals surface area contributed by atoms with E-state index < -0.39 is 0 Å². The van der Waals surface area contributed by atoms with E-state index in [0.29, 0.717) is 0 Å². The molecule has 0 atom stereocenters. The molecule has 0 amide bonds. The van der Waals surface area contributed by atoms with Gasteiger partial charge in [-0.25, -0.2) is 0 Å². The minimum absolute atomic E-state index is 0.229. The number of hydrogen-bond acceptors (Lipinski definition) is 2. The van der Waals surface area contributed by atoms with E-state index in [1.165, 1.54) is 30.7 Å². The lowest BCUT2D eigenvalue weighted by Gasteiger charge is -2.17. The predicted octanol–water partition coefficient (Wildman–Crippen LogP) is 6.25. The molecule has 0 aromatic heterocycles. The predicted molar refractivity (Wildman–Crippen MR) is 112 cm³/mol. The number of halogens is 1. The van der Waals surface area contributed by atoms with Crippen LogP contribution in [-0.4, -0.2) is 13.9 Å². The van der Waals surface area contributed by atoms with Crippen LogP contribution in [0.4, 0.5) is 0 Å². The molecule has 3 heteroatoms. The zero-order valence-corrected chi connectivity index (χ0v) is 16.0. The summed E-state index contributed by atoms with van der Waals surface area (Å²) in [5.41, 5.74) is 2.33. The first kappa shape index (κ1) is 16.4. The van der Waals surface area contributed by atoms with Gasteiger partial charge < -0.3 is 9.47 Å². The Morgan fingerprint density at radius 2 is 1.32 bits per heavy atom. The van der Waals surface area contributed by atoms with Gasteiger partial charge in [-0.2, -0.15) is 0 Å². The molecule has 4 rings (SSSR count). The molecule has 0 spiro atoms. The Morgan fingerprint density at radius 3 is 2.00 bits per heavy atom. The summed E-state index contributed by atoms with van der Waals surface area (Å²) in [5.74, 6) is 0.842. The van der Waals surface area contributed by atoms with Crippen molar-refractivity contribution >= 4 is 44.1 Å². The molecule has 0 bridgehead atoms. The summed E-state index contributed by atoms with van der Waals surface area (Å²) in [7, 11) is 1.64. The maximum absolute atomic E-state index is 5.93. The standard InChI is InChI=1S/C22H17IO2/c1-24-14-25-20-13-11-16-7-3-5-9-18(16)22(20)21-17-8-4-2-6-15(17)10-12-19(21)23/h2-13H,14H2,1H3. The Labute approximate surface area is 160 Å². The van der Waals surface area contributed by atoms with Crippen LogP contribution in [-0.2, 0) is 4.74 Å². The summed E-state index contributed by atoms with van der Waals surface area (Å²) >= 11 is 2.41. The summed E-state index contributed by atoms with van der Waals surface area (Å²) < 4.78 is 12.3. The third-order valence-electron chi connectivity index (χ3n) is 4.35. The Bertz CT molecular complexity index is 1060. The van der Waals surface area contributed by atoms with E-state index in [-0.39, 0.29) is 6.79 Å². The summed E-state index contributed by atoms with van der Waals surface area (Å²) in [5, 5.41) is 4.84. The molecule has 0 heterocycles. The average Bonchev–Trinajstić information content (AvgIpc) is 2.66. The van der Waals surface area contributed by atoms with Crippen LogP contribution in [0.5, 0.6) is 5.75 Å². The van der Waals surface area contributed by atoms with E-state index in [0.717, 1.165) is 11.3 Å². The van der Waals surface area contributed by atoms with Crippen LogP contribution in [0.3, 0.4) is 0 Å². The molecule has 4 aromatic rings. The van der Waals surface area contributed by atoms with Crippen molar-refractivity contribution in [1.29, 1.82) is 0 Å². The van der Waals surface area contributed by atoms with Crippen molar-refractivity contribution in [3.63, 3.8) is 0 Å². The van der Waals surface area contributed by atoms with Crippen molar-refractivity contribution in [2.75, 3.05) is 13.9 Å². The van der Waals surface area contributed by atoms with Crippen molar-refractivity contribution in [2.24, 2.45) is 0 Å². The van der Waals surface area contributed by atoms with Gasteiger partial charge in [0.25, 0.3) is 0 Å². The topological polar surface area (TPSA) is 18.5 Å². The van der Waals surface area contributed by atoms with Crippen molar-refractivity contribution in [3.8, 4) is 16.9 Å². The van der Waals surface area contributed by atoms with Gasteiger partial charge in [0.05, 0.1) is 0 Å². The van der Waals surface area contributed by atoms with Crippen molar-refractivity contribution in [1.82, 2.24) is 0 Å². The van der Waals surface area contributed by atoms with Gasteiger partial charge in [-0.15, -0.1) is 0 Å². The van der Waals surface area contributed by atoms with Crippen LogP contribution in [0.15, 0.2) is 72.8 Å². The van der Waals surface area contributed by atoms with Crippen LogP contribution in [0.25, 0.3) is 32.7 Å². The molecular formula is C22H17IO2. The zero-order valence-electron chi connectivity index (χ0n) is 13.8. The molecular weight excluding hydrogens is 423 g/mol. The van der Waals surface area contributed by atoms with Gasteiger partial charge in [-0.3, -0.25) is 0 Å². The number of ether oxygens (including phenoxy) is 2. The first-order valence-electron chi connectivity index (χ1n) is 8.10. The van der Waals surface area contributed by atoms with Gasteiger partial charge >= 0.3 is 0 Å². The lowest BCUT2D eigenvalue weighted by Crippen LogP contribution is -2.01. The van der Waals surface area contributed by atoms with Gasteiger partial charge in [0, 0.05) is 21.8 Å². The number of fused-ring (bicyclic) bond motifs is 2. The summed E-state index contributed by atoms with van der Waals surface area (Å²) in [6.07, 6.45) is 0. The fourth-order valence-electron chi connectivity index (χ4n) is 3.25. The third-order valence-corrected chi connectivity index (χ3v) is 5.25. The minimum atomic E-state index is 0.229. The molecule has 0 radical (unpaired) electrons. The maximum atomic E-state index is 5.93. The highest BCUT2D eigenvalue weighted by Gasteiger charge is 2.16. The van der Waals surface area contributed by atoms with Gasteiger partial charge in [-0.05, 0) is 56.3 Å². The molecule has 0 fully saturated rings. The Morgan fingerprint density at radius 1 is 0.720 bits per heavy atom. The maximum Gasteiger partial charge on any atom is 0.188 e. The fraction of sp³-hybridized carbons (Fsp3) is 0.0909. The lowest BCUT2D eigenvalue weighted by atomic mass is 9.93. The molecule has 2 nitrogen and oxygen atoms in total. The molecule has 4 aromatic carbocycles. The first-order valence-corrected chi connectivity index (χ1v) is 9.18. The Balaban J connectivity index is 2.11. The van der Waals surface area contributed by atoms with E-state index in [4.69, 9.17) is 9.47 Å². The quantitative estimate of drug-likeness (QED) is 0.276. The lowest BCUT2D eigenvalue weighted by molar-refractivity contribution is 0.0516. The Hall–Kier alpha value is -2.11. The number of rotatable bonds is 4. The highest BCUT2D eigenvalue weighted by molar-refractivity contribution is 14.1. The van der Waals surface area contributed by atoms with Gasteiger partial charge in [-0.1, -0.05) is 60.7 Å². The molecule has 0 aliphatic rings. The summed E-state index contributed by atoms with van der Waals surface area (Å²) in [4.78, 5) is 0. The number of methoxy groups -OCH3 is 1. The average molecular weight is 440 g/mol. The first-order chi connectivity index (χ1) is 12.3. The second-order valence-electron chi connectivity index (χ2n) is 5.85. The van der Waals surface area contributed by atoms with Gasteiger partial charge in [0.15, 0.2) is 6.79 Å². The molecule has 0 aliphatic heterocycles. The highest BCUT2D eigenvalue weighted by atomic mass is 127. The van der Waals surface area contributed by atoms with Crippen molar-refractivity contribution in [2.45, 2.75) is 0 Å². The highest BCUT2D eigenvalue weighted by Crippen LogP contribution is 2.42. The minimum Gasteiger partial charge on any atom is -0.467 e. The smallest absolute Gasteiger partial charge is 0.188 e. The van der Waals surface area contributed by atoms with E-state index in [1.54, 1.807) is 7.11 Å². The third kappa shape index (κ3) is 2.98. The summed E-state index contributed by atoms with van der Waals surface area (Å²) in [6.45, 7) is 0.229. The number of hydrogen-bond donors (Lipinski definition) is 0. The monoisotopic (exact) mass is 440 g/mol. The molecule has 0 saturated heterocycles. The SMILES string of the molecule is COCOc1ccc2ccccc2c1-c1c(I)ccc2ccccc12. The molecule has 0 aliphatic carbocycles. The van der Waals surface area contributed by atoms with Crippen LogP contribution in [0.2, 0.25) is 0 Å². The fourth-order valence-corrected chi connectivity index (χ4v) is 3.99. The second kappa shape index (κ2) is 7.02. The van der Waals surface area contributed by atoms with E-state index in [1.807, 2.05) is 6.07 Å². The Kier molecular flexibility index (Phi) is 4.59. The van der Waals surface area contributed by atoms with Crippen LogP contribution >= 0.6 is 22.6 Å². The molecule has 124 valence electrons. The van der Waals surface area contributed by atoms with E-state index >= 15 is 0 Å². The molecule has 0 N–H and O–H groups in total. The largest absolute Gasteiger partial charge is 0.467 e. The van der Waals surface area contributed by atoms with Crippen LogP contribution in [0, 0.1) is 3.57 Å². The number of benzene rings is 4. The van der Waals surface area contributed by atoms with Crippen LogP contribution < -0.4 is 4.74 Å². The van der Waals surface area contributed by atoms with E-state index in [9.17, 15) is 0 Å². The molecule has 25 heavy (non-hydrogen) atoms. The normalized spacial score (nSPS) is 11.1.